The molecular weight excluding hydrogens is 484 g/mol. The molecule has 0 aromatic rings. The Morgan fingerprint density at radius 2 is 1.04 bits per heavy atom. The first-order chi connectivity index (χ1) is 12.3. The molecule has 1 saturated heterocycles. The van der Waals surface area contributed by atoms with E-state index in [-0.39, 0.29) is 0 Å². The van der Waals surface area contributed by atoms with Crippen LogP contribution in [0.25, 0.3) is 0 Å². The number of hydrogen-bond acceptors (Lipinski definition) is 10. The normalized spacial score (nSPS) is 30.4. The number of hydrogen-bond donors (Lipinski definition) is 9. The molecule has 9 N–H and O–H groups in total. The van der Waals surface area contributed by atoms with Gasteiger partial charge in [-0.15, -0.1) is 0 Å². The van der Waals surface area contributed by atoms with Crippen molar-refractivity contribution in [2.24, 2.45) is 0 Å². The first-order valence-electron chi connectivity index (χ1n) is 6.53. The van der Waals surface area contributed by atoms with E-state index >= 15 is 0 Å². The summed E-state index contributed by atoms with van der Waals surface area (Å²) in [5.41, 5.74) is 0. The van der Waals surface area contributed by atoms with Gasteiger partial charge in [0.05, 0.1) is 6.61 Å². The molecule has 0 aromatic carbocycles. The molecule has 0 aliphatic carbocycles. The summed E-state index contributed by atoms with van der Waals surface area (Å²) in [7, 11) is -21.8. The van der Waals surface area contributed by atoms with E-state index in [1.807, 2.05) is 0 Å². The zero-order valence-corrected chi connectivity index (χ0v) is 16.7. The van der Waals surface area contributed by atoms with E-state index in [4.69, 9.17) is 39.1 Å². The number of aliphatic hydroxyl groups excluding tert-OH is 1. The fourth-order valence-corrected chi connectivity index (χ4v) is 4.05. The molecule has 1 aliphatic rings. The van der Waals surface area contributed by atoms with Gasteiger partial charge in [-0.1, -0.05) is 0 Å². The van der Waals surface area contributed by atoms with Crippen LogP contribution in [0.5, 0.6) is 0 Å². The summed E-state index contributed by atoms with van der Waals surface area (Å²) in [6, 6.07) is 0. The molecule has 0 radical (unpaired) electrons. The van der Waals surface area contributed by atoms with Crippen molar-refractivity contribution in [1.82, 2.24) is 0 Å². The minimum atomic E-state index is -5.57. The summed E-state index contributed by atoms with van der Waals surface area (Å²) in [5, 5.41) is 9.79. The van der Waals surface area contributed by atoms with Crippen LogP contribution in [-0.2, 0) is 41.1 Å². The van der Waals surface area contributed by atoms with E-state index in [9.17, 15) is 23.4 Å². The average molecular weight is 500 g/mol. The lowest BCUT2D eigenvalue weighted by Crippen LogP contribution is -2.60. The van der Waals surface area contributed by atoms with Crippen LogP contribution in [-0.4, -0.2) is 81.6 Å². The number of rotatable bonds is 9. The molecule has 1 fully saturated rings. The molecule has 0 unspecified atom stereocenters. The van der Waals surface area contributed by atoms with Crippen molar-refractivity contribution >= 4 is 31.3 Å². The maximum atomic E-state index is 11.1. The van der Waals surface area contributed by atoms with E-state index in [1.165, 1.54) is 0 Å². The number of phosphoric acid groups is 4. The van der Waals surface area contributed by atoms with E-state index in [1.54, 1.807) is 0 Å². The van der Waals surface area contributed by atoms with Crippen LogP contribution in [0.4, 0.5) is 0 Å². The summed E-state index contributed by atoms with van der Waals surface area (Å²) in [5.74, 6) is 0. The Morgan fingerprint density at radius 3 is 1.43 bits per heavy atom. The van der Waals surface area contributed by atoms with Gasteiger partial charge in [0.2, 0.25) is 0 Å². The third kappa shape index (κ3) is 9.91. The van der Waals surface area contributed by atoms with Crippen molar-refractivity contribution in [1.29, 1.82) is 0 Å². The van der Waals surface area contributed by atoms with Crippen molar-refractivity contribution in [2.75, 3.05) is 6.61 Å². The zero-order chi connectivity index (χ0) is 22.1. The van der Waals surface area contributed by atoms with E-state index in [0.29, 0.717) is 0 Å². The quantitative estimate of drug-likeness (QED) is 0.145. The van der Waals surface area contributed by atoms with Crippen molar-refractivity contribution in [3.8, 4) is 0 Å². The number of aliphatic hydroxyl groups is 1. The van der Waals surface area contributed by atoms with Crippen molar-refractivity contribution in [2.45, 2.75) is 30.7 Å². The Balaban J connectivity index is 3.34. The minimum absolute atomic E-state index is 1.27. The third-order valence-corrected chi connectivity index (χ3v) is 4.83. The third-order valence-electron chi connectivity index (χ3n) is 2.79. The molecule has 0 spiro atoms. The monoisotopic (exact) mass is 500 g/mol. The second-order valence-corrected chi connectivity index (χ2v) is 9.85. The van der Waals surface area contributed by atoms with Crippen LogP contribution in [0.1, 0.15) is 0 Å². The molecule has 18 nitrogen and oxygen atoms in total. The summed E-state index contributed by atoms with van der Waals surface area (Å²) >= 11 is 0. The standard InChI is InChI=1S/C6H16O18P4/c7-6-5(24-28(17,18)19)4(23-27(14,15)16)3(22-26(11,12)13)2(21-6)1-20-25(8,9)10/h2-7H,1H2,(H2,8,9,10)(H2,11,12,13)(H2,14,15,16)(H2,17,18,19)/t2-,3+,4+,5-,6-/m1/s1. The predicted molar refractivity (Wildman–Crippen MR) is 79.6 cm³/mol. The Kier molecular flexibility index (Phi) is 8.71. The highest BCUT2D eigenvalue weighted by Gasteiger charge is 2.54. The van der Waals surface area contributed by atoms with E-state index in [0.717, 1.165) is 0 Å². The lowest BCUT2D eigenvalue weighted by molar-refractivity contribution is -0.276. The highest BCUT2D eigenvalue weighted by Crippen LogP contribution is 2.50. The van der Waals surface area contributed by atoms with Crippen molar-refractivity contribution in [3.63, 3.8) is 0 Å². The maximum Gasteiger partial charge on any atom is 0.470 e. The SMILES string of the molecule is O=P(O)(O)OC[C@H]1O[C@@H](O)[C@H](OP(=O)(O)O)[C@@H](OP(=O)(O)O)[C@H]1OP(=O)(O)O. The summed E-state index contributed by atoms with van der Waals surface area (Å²) in [6.07, 6.45) is -11.9. The fraction of sp³-hybridized carbons (Fsp3) is 1.00. The van der Waals surface area contributed by atoms with Crippen LogP contribution in [0.3, 0.4) is 0 Å². The van der Waals surface area contributed by atoms with E-state index in [2.05, 4.69) is 22.8 Å². The van der Waals surface area contributed by atoms with Gasteiger partial charge < -0.3 is 49.0 Å². The van der Waals surface area contributed by atoms with Gasteiger partial charge >= 0.3 is 31.3 Å². The van der Waals surface area contributed by atoms with Gasteiger partial charge in [0.25, 0.3) is 0 Å². The minimum Gasteiger partial charge on any atom is -0.366 e. The lowest BCUT2D eigenvalue weighted by atomic mass is 9.99. The number of phosphoric ester groups is 4. The molecule has 5 atom stereocenters. The maximum absolute atomic E-state index is 11.1. The molecular formula is C6H16O18P4. The van der Waals surface area contributed by atoms with Crippen molar-refractivity contribution < 1.29 is 85.3 Å². The van der Waals surface area contributed by atoms with Crippen LogP contribution in [0.15, 0.2) is 0 Å². The molecule has 0 aromatic heterocycles. The Hall–Kier alpha value is 0.360. The highest BCUT2D eigenvalue weighted by molar-refractivity contribution is 7.47. The Labute approximate surface area is 154 Å². The van der Waals surface area contributed by atoms with E-state index < -0.39 is 68.6 Å². The Bertz CT molecular complexity index is 712. The molecule has 1 rings (SSSR count). The molecule has 0 bridgehead atoms. The highest BCUT2D eigenvalue weighted by atomic mass is 31.2. The molecule has 28 heavy (non-hydrogen) atoms. The molecule has 0 saturated carbocycles. The van der Waals surface area contributed by atoms with Gasteiger partial charge in [0.1, 0.15) is 24.4 Å². The Morgan fingerprint density at radius 1 is 0.643 bits per heavy atom. The summed E-state index contributed by atoms with van der Waals surface area (Å²) in [4.78, 5) is 70.9. The zero-order valence-electron chi connectivity index (χ0n) is 13.1. The molecule has 1 heterocycles. The van der Waals surface area contributed by atoms with Crippen LogP contribution in [0, 0.1) is 0 Å². The van der Waals surface area contributed by atoms with Gasteiger partial charge in [-0.2, -0.15) is 0 Å². The van der Waals surface area contributed by atoms with Crippen LogP contribution in [0.2, 0.25) is 0 Å². The molecule has 0 amide bonds. The number of ether oxygens (including phenoxy) is 1. The fourth-order valence-electron chi connectivity index (χ4n) is 2.03. The van der Waals surface area contributed by atoms with Crippen molar-refractivity contribution in [3.05, 3.63) is 0 Å². The van der Waals surface area contributed by atoms with Gasteiger partial charge in [-0.05, 0) is 0 Å². The van der Waals surface area contributed by atoms with Gasteiger partial charge in [0, 0.05) is 0 Å². The molecule has 1 aliphatic heterocycles. The molecule has 168 valence electrons. The first kappa shape index (κ1) is 26.4. The summed E-state index contributed by atoms with van der Waals surface area (Å²) in [6.45, 7) is -1.27. The largest absolute Gasteiger partial charge is 0.470 e. The average Bonchev–Trinajstić information content (AvgIpc) is 2.39. The van der Waals surface area contributed by atoms with Gasteiger partial charge in [-0.25, -0.2) is 18.3 Å². The second kappa shape index (κ2) is 9.24. The van der Waals surface area contributed by atoms with Crippen LogP contribution < -0.4 is 0 Å². The predicted octanol–water partition coefficient (Wildman–Crippen LogP) is -2.75. The lowest BCUT2D eigenvalue weighted by Gasteiger charge is -2.43. The van der Waals surface area contributed by atoms with Gasteiger partial charge in [-0.3, -0.25) is 18.1 Å². The van der Waals surface area contributed by atoms with Crippen LogP contribution >= 0.6 is 31.3 Å². The molecule has 22 heteroatoms. The first-order valence-corrected chi connectivity index (χ1v) is 12.6. The second-order valence-electron chi connectivity index (χ2n) is 5.03. The topological polar surface area (TPSA) is 296 Å². The smallest absolute Gasteiger partial charge is 0.366 e. The summed E-state index contributed by atoms with van der Waals surface area (Å²) < 4.78 is 65.2. The van der Waals surface area contributed by atoms with Gasteiger partial charge in [0.15, 0.2) is 6.29 Å².